The van der Waals surface area contributed by atoms with E-state index in [-0.39, 0.29) is 35.9 Å². The molecule has 0 aliphatic carbocycles. The summed E-state index contributed by atoms with van der Waals surface area (Å²) in [6, 6.07) is 15.2. The molecule has 0 spiro atoms. The van der Waals surface area contributed by atoms with Crippen molar-refractivity contribution < 1.29 is 23.4 Å². The average Bonchev–Trinajstić information content (AvgIpc) is 3.29. The standard InChI is InChI=1S/C25H23F2N5O3S/c1-35-22-20(27)19(12-33)28-23(30-22)32-11-16-13-36-24(29-21(34)15-7-3-2-4-8-15)31-25(16,14-32)17-9-5-6-10-18(17)26/h2-10,16,33H,11-14H2,1H3,(H,29,31,34)/t16-,25-/m0/s1. The summed E-state index contributed by atoms with van der Waals surface area (Å²) in [6.07, 6.45) is 0. The number of thioether (sulfide) groups is 1. The molecule has 11 heteroatoms. The number of carbonyl (C=O) groups is 1. The molecule has 1 fully saturated rings. The number of carbonyl (C=O) groups excluding carboxylic acids is 1. The predicted molar refractivity (Wildman–Crippen MR) is 132 cm³/mol. The number of amides is 1. The molecule has 2 aromatic carbocycles. The van der Waals surface area contributed by atoms with Gasteiger partial charge in [-0.3, -0.25) is 4.79 Å². The lowest BCUT2D eigenvalue weighted by Gasteiger charge is -2.35. The van der Waals surface area contributed by atoms with Crippen LogP contribution in [-0.2, 0) is 12.1 Å². The number of aromatic nitrogens is 2. The van der Waals surface area contributed by atoms with Gasteiger partial charge in [0.2, 0.25) is 11.8 Å². The number of benzene rings is 2. The summed E-state index contributed by atoms with van der Waals surface area (Å²) < 4.78 is 34.6. The van der Waals surface area contributed by atoms with Crippen molar-refractivity contribution >= 4 is 28.8 Å². The van der Waals surface area contributed by atoms with E-state index in [0.29, 0.717) is 28.6 Å². The molecular formula is C25H23F2N5O3S. The van der Waals surface area contributed by atoms with Gasteiger partial charge in [0, 0.05) is 29.3 Å². The second-order valence-electron chi connectivity index (χ2n) is 8.48. The maximum atomic E-state index is 15.2. The van der Waals surface area contributed by atoms with Crippen LogP contribution in [0.5, 0.6) is 5.88 Å². The molecule has 2 atom stereocenters. The van der Waals surface area contributed by atoms with Crippen molar-refractivity contribution in [1.82, 2.24) is 15.3 Å². The third kappa shape index (κ3) is 4.28. The zero-order valence-corrected chi connectivity index (χ0v) is 20.1. The lowest BCUT2D eigenvalue weighted by Crippen LogP contribution is -2.43. The van der Waals surface area contributed by atoms with Crippen molar-refractivity contribution in [2.45, 2.75) is 12.1 Å². The molecule has 8 nitrogen and oxygen atoms in total. The number of hydrogen-bond donors (Lipinski definition) is 2. The molecule has 3 heterocycles. The van der Waals surface area contributed by atoms with Gasteiger partial charge in [0.05, 0.1) is 20.3 Å². The monoisotopic (exact) mass is 511 g/mol. The smallest absolute Gasteiger partial charge is 0.257 e. The molecule has 36 heavy (non-hydrogen) atoms. The second kappa shape index (κ2) is 9.82. The number of halogens is 2. The highest BCUT2D eigenvalue weighted by atomic mass is 32.2. The molecule has 0 saturated carbocycles. The van der Waals surface area contributed by atoms with Crippen molar-refractivity contribution in [3.8, 4) is 5.88 Å². The van der Waals surface area contributed by atoms with Gasteiger partial charge in [0.1, 0.15) is 17.1 Å². The van der Waals surface area contributed by atoms with E-state index in [1.54, 1.807) is 47.4 Å². The van der Waals surface area contributed by atoms with E-state index in [0.717, 1.165) is 0 Å². The molecular weight excluding hydrogens is 488 g/mol. The lowest BCUT2D eigenvalue weighted by molar-refractivity contribution is 0.0977. The number of amidine groups is 1. The number of aliphatic hydroxyl groups is 1. The summed E-state index contributed by atoms with van der Waals surface area (Å²) in [5, 5.41) is 12.8. The number of anilines is 1. The van der Waals surface area contributed by atoms with Crippen LogP contribution in [0.4, 0.5) is 14.7 Å². The summed E-state index contributed by atoms with van der Waals surface area (Å²) >= 11 is 1.38. The molecule has 5 rings (SSSR count). The summed E-state index contributed by atoms with van der Waals surface area (Å²) in [4.78, 5) is 27.8. The minimum Gasteiger partial charge on any atom is -0.479 e. The molecule has 1 amide bonds. The van der Waals surface area contributed by atoms with Gasteiger partial charge in [-0.1, -0.05) is 48.2 Å². The van der Waals surface area contributed by atoms with Gasteiger partial charge in [0.15, 0.2) is 5.17 Å². The van der Waals surface area contributed by atoms with Crippen LogP contribution >= 0.6 is 11.8 Å². The number of hydrogen-bond acceptors (Lipinski definition) is 8. The fourth-order valence-corrected chi connectivity index (χ4v) is 5.74. The highest BCUT2D eigenvalue weighted by molar-refractivity contribution is 8.13. The molecule has 1 saturated heterocycles. The van der Waals surface area contributed by atoms with Crippen LogP contribution in [0.2, 0.25) is 0 Å². The highest BCUT2D eigenvalue weighted by Gasteiger charge is 2.52. The van der Waals surface area contributed by atoms with E-state index in [9.17, 15) is 14.3 Å². The normalized spacial score (nSPS) is 21.1. The quantitative estimate of drug-likeness (QED) is 0.543. The topological polar surface area (TPSA) is 99.9 Å². The average molecular weight is 512 g/mol. The van der Waals surface area contributed by atoms with Gasteiger partial charge >= 0.3 is 0 Å². The predicted octanol–water partition coefficient (Wildman–Crippen LogP) is 3.12. The van der Waals surface area contributed by atoms with Crippen LogP contribution in [-0.4, -0.2) is 52.1 Å². The fourth-order valence-electron chi connectivity index (χ4n) is 4.60. The Morgan fingerprint density at radius 3 is 2.67 bits per heavy atom. The Kier molecular flexibility index (Phi) is 6.59. The number of rotatable bonds is 5. The van der Waals surface area contributed by atoms with E-state index in [1.165, 1.54) is 24.9 Å². The number of aliphatic imine (C=N–C) groups is 1. The lowest BCUT2D eigenvalue weighted by atomic mass is 9.81. The molecule has 2 aliphatic rings. The number of methoxy groups -OCH3 is 1. The summed E-state index contributed by atoms with van der Waals surface area (Å²) in [5.74, 6) is -1.30. The maximum absolute atomic E-state index is 15.2. The van der Waals surface area contributed by atoms with Crippen LogP contribution in [0.25, 0.3) is 0 Å². The number of fused-ring (bicyclic) bond motifs is 1. The number of nitrogens with zero attached hydrogens (tertiary/aromatic N) is 4. The van der Waals surface area contributed by atoms with E-state index >= 15 is 4.39 Å². The van der Waals surface area contributed by atoms with Crippen LogP contribution in [0, 0.1) is 17.6 Å². The van der Waals surface area contributed by atoms with Gasteiger partial charge in [-0.15, -0.1) is 0 Å². The van der Waals surface area contributed by atoms with E-state index in [2.05, 4.69) is 15.3 Å². The van der Waals surface area contributed by atoms with Crippen LogP contribution in [0.15, 0.2) is 59.6 Å². The van der Waals surface area contributed by atoms with Crippen LogP contribution < -0.4 is 15.0 Å². The van der Waals surface area contributed by atoms with Gasteiger partial charge in [-0.25, -0.2) is 14.4 Å². The zero-order chi connectivity index (χ0) is 25.3. The minimum absolute atomic E-state index is 0.150. The van der Waals surface area contributed by atoms with E-state index < -0.39 is 23.8 Å². The first-order chi connectivity index (χ1) is 17.4. The van der Waals surface area contributed by atoms with Crippen molar-refractivity contribution in [2.24, 2.45) is 10.9 Å². The Hall–Kier alpha value is -3.57. The van der Waals surface area contributed by atoms with Crippen molar-refractivity contribution in [3.63, 3.8) is 0 Å². The summed E-state index contributed by atoms with van der Waals surface area (Å²) in [6.45, 7) is -0.0367. The Morgan fingerprint density at radius 2 is 1.94 bits per heavy atom. The van der Waals surface area contributed by atoms with Crippen molar-refractivity contribution in [2.75, 3.05) is 30.9 Å². The molecule has 3 aromatic rings. The molecule has 2 aliphatic heterocycles. The zero-order valence-electron chi connectivity index (χ0n) is 19.3. The summed E-state index contributed by atoms with van der Waals surface area (Å²) in [5.41, 5.74) is -0.361. The number of nitrogens with one attached hydrogen (secondary N) is 1. The van der Waals surface area contributed by atoms with Crippen LogP contribution in [0.1, 0.15) is 21.6 Å². The Morgan fingerprint density at radius 1 is 1.19 bits per heavy atom. The Labute approximate surface area is 210 Å². The number of ether oxygens (including phenoxy) is 1. The number of aliphatic hydroxyl groups excluding tert-OH is 1. The minimum atomic E-state index is -1.04. The molecule has 0 unspecified atom stereocenters. The molecule has 2 N–H and O–H groups in total. The van der Waals surface area contributed by atoms with Gasteiger partial charge in [-0.2, -0.15) is 9.37 Å². The van der Waals surface area contributed by atoms with Crippen molar-refractivity contribution in [1.29, 1.82) is 0 Å². The first kappa shape index (κ1) is 24.1. The highest BCUT2D eigenvalue weighted by Crippen LogP contribution is 2.47. The first-order valence-corrected chi connectivity index (χ1v) is 12.2. The van der Waals surface area contributed by atoms with Crippen molar-refractivity contribution in [3.05, 3.63) is 83.1 Å². The Balaban J connectivity index is 1.54. The van der Waals surface area contributed by atoms with Gasteiger partial charge in [-0.05, 0) is 18.2 Å². The largest absolute Gasteiger partial charge is 0.479 e. The third-order valence-corrected chi connectivity index (χ3v) is 7.41. The summed E-state index contributed by atoms with van der Waals surface area (Å²) in [7, 11) is 1.28. The van der Waals surface area contributed by atoms with Gasteiger partial charge < -0.3 is 20.1 Å². The Bertz CT molecular complexity index is 1300. The van der Waals surface area contributed by atoms with E-state index in [4.69, 9.17) is 9.73 Å². The maximum Gasteiger partial charge on any atom is 0.257 e. The molecule has 0 bridgehead atoms. The first-order valence-electron chi connectivity index (χ1n) is 11.3. The van der Waals surface area contributed by atoms with Gasteiger partial charge in [0.25, 0.3) is 11.8 Å². The second-order valence-corrected chi connectivity index (χ2v) is 9.49. The third-order valence-electron chi connectivity index (χ3n) is 6.37. The SMILES string of the molecule is COc1nc(N2C[C@H]3CSC(NC(=O)c4ccccc4)=N[C@@]3(c3ccccc3F)C2)nc(CO)c1F. The fraction of sp³-hybridized carbons (Fsp3) is 0.280. The molecule has 1 aromatic heterocycles. The molecule has 186 valence electrons. The van der Waals surface area contributed by atoms with Crippen LogP contribution in [0.3, 0.4) is 0 Å². The molecule has 0 radical (unpaired) electrons. The van der Waals surface area contributed by atoms with E-state index in [1.807, 2.05) is 6.07 Å².